The molecule has 0 fully saturated rings. The Bertz CT molecular complexity index is 531. The maximum absolute atomic E-state index is 11.8. The van der Waals surface area contributed by atoms with Gasteiger partial charge in [0.2, 0.25) is 0 Å². The molecule has 0 spiro atoms. The number of hydrogen-bond donors (Lipinski definition) is 1. The maximum atomic E-state index is 11.8. The summed E-state index contributed by atoms with van der Waals surface area (Å²) < 4.78 is 1.16. The standard InChI is InChI=1S/C11H10ClN3O/c1-3-5-6-13-10-9(12)8-14-15(7-4-2)11(10)16/h2,8,13H,6-7H2,1H3. The van der Waals surface area contributed by atoms with Gasteiger partial charge < -0.3 is 5.32 Å². The molecule has 1 aromatic rings. The number of aromatic nitrogens is 2. The van der Waals surface area contributed by atoms with Crippen molar-refractivity contribution in [3.63, 3.8) is 0 Å². The first-order valence-electron chi connectivity index (χ1n) is 4.53. The molecule has 1 rings (SSSR count). The summed E-state index contributed by atoms with van der Waals surface area (Å²) in [5.74, 6) is 7.82. The average molecular weight is 236 g/mol. The molecule has 0 saturated heterocycles. The second-order valence-electron chi connectivity index (χ2n) is 2.81. The minimum atomic E-state index is -0.344. The fourth-order valence-electron chi connectivity index (χ4n) is 1.05. The van der Waals surface area contributed by atoms with Crippen LogP contribution in [0.2, 0.25) is 5.02 Å². The van der Waals surface area contributed by atoms with Crippen LogP contribution in [0, 0.1) is 24.2 Å². The third kappa shape index (κ3) is 2.79. The highest BCUT2D eigenvalue weighted by Gasteiger charge is 2.07. The van der Waals surface area contributed by atoms with E-state index in [0.29, 0.717) is 6.54 Å². The van der Waals surface area contributed by atoms with Gasteiger partial charge in [-0.3, -0.25) is 4.79 Å². The van der Waals surface area contributed by atoms with Crippen molar-refractivity contribution in [1.29, 1.82) is 0 Å². The lowest BCUT2D eigenvalue weighted by molar-refractivity contribution is 0.664. The van der Waals surface area contributed by atoms with Crippen molar-refractivity contribution >= 4 is 17.3 Å². The summed E-state index contributed by atoms with van der Waals surface area (Å²) in [6.45, 7) is 2.18. The van der Waals surface area contributed by atoms with E-state index in [1.807, 2.05) is 0 Å². The first-order chi connectivity index (χ1) is 7.70. The summed E-state index contributed by atoms with van der Waals surface area (Å²) in [6.07, 6.45) is 6.49. The Morgan fingerprint density at radius 1 is 1.69 bits per heavy atom. The van der Waals surface area contributed by atoms with E-state index in [1.165, 1.54) is 6.20 Å². The molecule has 1 N–H and O–H groups in total. The summed E-state index contributed by atoms with van der Waals surface area (Å²) >= 11 is 5.84. The van der Waals surface area contributed by atoms with Gasteiger partial charge in [0.1, 0.15) is 12.2 Å². The minimum Gasteiger partial charge on any atom is -0.368 e. The minimum absolute atomic E-state index is 0.115. The van der Waals surface area contributed by atoms with Gasteiger partial charge >= 0.3 is 0 Å². The van der Waals surface area contributed by atoms with Crippen molar-refractivity contribution in [2.45, 2.75) is 13.5 Å². The number of rotatable bonds is 3. The van der Waals surface area contributed by atoms with Gasteiger partial charge in [-0.05, 0) is 6.92 Å². The average Bonchev–Trinajstić information content (AvgIpc) is 2.27. The molecular weight excluding hydrogens is 226 g/mol. The topological polar surface area (TPSA) is 46.9 Å². The summed E-state index contributed by atoms with van der Waals surface area (Å²) in [5.41, 5.74) is -0.0713. The van der Waals surface area contributed by atoms with Crippen molar-refractivity contribution in [3.8, 4) is 24.2 Å². The first-order valence-corrected chi connectivity index (χ1v) is 4.91. The second kappa shape index (κ2) is 5.85. The van der Waals surface area contributed by atoms with Crippen LogP contribution < -0.4 is 10.9 Å². The van der Waals surface area contributed by atoms with Crippen LogP contribution in [0.4, 0.5) is 5.69 Å². The van der Waals surface area contributed by atoms with E-state index in [0.717, 1.165) is 4.68 Å². The van der Waals surface area contributed by atoms with Gasteiger partial charge in [-0.2, -0.15) is 5.10 Å². The molecule has 16 heavy (non-hydrogen) atoms. The van der Waals surface area contributed by atoms with Gasteiger partial charge in [-0.25, -0.2) is 4.68 Å². The van der Waals surface area contributed by atoms with Crippen molar-refractivity contribution in [3.05, 3.63) is 21.6 Å². The summed E-state index contributed by atoms with van der Waals surface area (Å²) in [5, 5.41) is 6.90. The quantitative estimate of drug-likeness (QED) is 0.794. The highest BCUT2D eigenvalue weighted by molar-refractivity contribution is 6.33. The zero-order chi connectivity index (χ0) is 12.0. The highest BCUT2D eigenvalue weighted by Crippen LogP contribution is 2.14. The summed E-state index contributed by atoms with van der Waals surface area (Å²) in [7, 11) is 0. The van der Waals surface area contributed by atoms with Crippen LogP contribution in [0.25, 0.3) is 0 Å². The molecule has 0 unspecified atom stereocenters. The second-order valence-corrected chi connectivity index (χ2v) is 3.22. The normalized spacial score (nSPS) is 8.81. The lowest BCUT2D eigenvalue weighted by Crippen LogP contribution is -2.25. The first kappa shape index (κ1) is 12.2. The number of nitrogens with zero attached hydrogens (tertiary/aromatic N) is 2. The molecule has 1 heterocycles. The van der Waals surface area contributed by atoms with Crippen molar-refractivity contribution in [2.75, 3.05) is 11.9 Å². The predicted molar refractivity (Wildman–Crippen MR) is 64.3 cm³/mol. The van der Waals surface area contributed by atoms with E-state index in [4.69, 9.17) is 18.0 Å². The molecule has 0 saturated carbocycles. The zero-order valence-electron chi connectivity index (χ0n) is 8.75. The van der Waals surface area contributed by atoms with Crippen LogP contribution in [-0.2, 0) is 6.54 Å². The van der Waals surface area contributed by atoms with Crippen molar-refractivity contribution in [2.24, 2.45) is 0 Å². The number of nitrogens with one attached hydrogen (secondary N) is 1. The van der Waals surface area contributed by atoms with Gasteiger partial charge in [0.15, 0.2) is 0 Å². The van der Waals surface area contributed by atoms with E-state index >= 15 is 0 Å². The van der Waals surface area contributed by atoms with E-state index in [9.17, 15) is 4.79 Å². The smallest absolute Gasteiger partial charge is 0.292 e. The monoisotopic (exact) mass is 235 g/mol. The van der Waals surface area contributed by atoms with Crippen LogP contribution >= 0.6 is 11.6 Å². The molecule has 5 heteroatoms. The lowest BCUT2D eigenvalue weighted by atomic mass is 10.4. The fourth-order valence-corrected chi connectivity index (χ4v) is 1.24. The molecule has 0 aromatic carbocycles. The van der Waals surface area contributed by atoms with Crippen LogP contribution in [-0.4, -0.2) is 16.3 Å². The molecule has 82 valence electrons. The number of hydrogen-bond acceptors (Lipinski definition) is 3. The Kier molecular flexibility index (Phi) is 4.44. The molecule has 0 aliphatic heterocycles. The summed E-state index contributed by atoms with van der Waals surface area (Å²) in [4.78, 5) is 11.8. The molecule has 1 aromatic heterocycles. The molecule has 0 bridgehead atoms. The molecule has 0 amide bonds. The molecule has 0 radical (unpaired) electrons. The Balaban J connectivity index is 3.05. The van der Waals surface area contributed by atoms with E-state index in [-0.39, 0.29) is 22.8 Å². The van der Waals surface area contributed by atoms with Crippen LogP contribution in [0.1, 0.15) is 6.92 Å². The van der Waals surface area contributed by atoms with E-state index in [1.54, 1.807) is 6.92 Å². The molecular formula is C11H10ClN3O. The van der Waals surface area contributed by atoms with Gasteiger partial charge in [0.25, 0.3) is 5.56 Å². The summed E-state index contributed by atoms with van der Waals surface area (Å²) in [6, 6.07) is 0. The predicted octanol–water partition coefficient (Wildman–Crippen LogP) is 0.965. The Morgan fingerprint density at radius 3 is 3.06 bits per heavy atom. The Labute approximate surface area is 98.6 Å². The number of terminal acetylenes is 1. The number of halogens is 1. The molecule has 0 aliphatic rings. The lowest BCUT2D eigenvalue weighted by Gasteiger charge is -2.06. The van der Waals surface area contributed by atoms with Gasteiger partial charge in [-0.1, -0.05) is 23.4 Å². The highest BCUT2D eigenvalue weighted by atomic mass is 35.5. The fraction of sp³-hybridized carbons (Fsp3) is 0.273. The van der Waals surface area contributed by atoms with Gasteiger partial charge in [0, 0.05) is 0 Å². The van der Waals surface area contributed by atoms with Crippen molar-refractivity contribution < 1.29 is 0 Å². The van der Waals surface area contributed by atoms with Crippen molar-refractivity contribution in [1.82, 2.24) is 9.78 Å². The third-order valence-electron chi connectivity index (χ3n) is 1.77. The van der Waals surface area contributed by atoms with Gasteiger partial charge in [-0.15, -0.1) is 12.3 Å². The van der Waals surface area contributed by atoms with Gasteiger partial charge in [0.05, 0.1) is 17.8 Å². The largest absolute Gasteiger partial charge is 0.368 e. The molecule has 0 atom stereocenters. The third-order valence-corrected chi connectivity index (χ3v) is 2.06. The maximum Gasteiger partial charge on any atom is 0.292 e. The van der Waals surface area contributed by atoms with Crippen LogP contribution in [0.5, 0.6) is 0 Å². The SMILES string of the molecule is C#CCn1ncc(Cl)c(NCC#CC)c1=O. The molecule has 4 nitrogen and oxygen atoms in total. The Morgan fingerprint density at radius 2 is 2.44 bits per heavy atom. The number of anilines is 1. The molecule has 0 aliphatic carbocycles. The van der Waals surface area contributed by atoms with E-state index < -0.39 is 0 Å². The Hall–Kier alpha value is -1.91. The zero-order valence-corrected chi connectivity index (χ0v) is 9.51. The van der Waals surface area contributed by atoms with Crippen LogP contribution in [0.15, 0.2) is 11.0 Å². The van der Waals surface area contributed by atoms with Crippen LogP contribution in [0.3, 0.4) is 0 Å². The van der Waals surface area contributed by atoms with E-state index in [2.05, 4.69) is 28.2 Å².